The van der Waals surface area contributed by atoms with Crippen LogP contribution in [0.15, 0.2) is 30.3 Å². The van der Waals surface area contributed by atoms with Crippen LogP contribution in [0.4, 0.5) is 0 Å². The molecule has 8 N–H and O–H groups in total. The van der Waals surface area contributed by atoms with E-state index in [1.54, 1.807) is 43.0 Å². The Labute approximate surface area is 313 Å². The molecule has 0 aromatic heterocycles. The minimum absolute atomic E-state index is 0.00673. The minimum atomic E-state index is -1.63. The van der Waals surface area contributed by atoms with Gasteiger partial charge in [-0.1, -0.05) is 71.4 Å². The van der Waals surface area contributed by atoms with Crippen molar-refractivity contribution in [1.82, 2.24) is 15.5 Å². The van der Waals surface area contributed by atoms with Gasteiger partial charge in [0.25, 0.3) is 0 Å². The van der Waals surface area contributed by atoms with Gasteiger partial charge in [0, 0.05) is 20.8 Å². The van der Waals surface area contributed by atoms with E-state index in [-0.39, 0.29) is 36.0 Å². The van der Waals surface area contributed by atoms with E-state index in [1.807, 2.05) is 33.8 Å². The molecule has 53 heavy (non-hydrogen) atoms. The van der Waals surface area contributed by atoms with E-state index in [0.717, 1.165) is 12.8 Å². The third-order valence-corrected chi connectivity index (χ3v) is 10.9. The van der Waals surface area contributed by atoms with Crippen molar-refractivity contribution in [2.45, 2.75) is 140 Å². The predicted octanol–water partition coefficient (Wildman–Crippen LogP) is 0.610. The van der Waals surface area contributed by atoms with Gasteiger partial charge in [0.15, 0.2) is 6.29 Å². The van der Waals surface area contributed by atoms with E-state index in [2.05, 4.69) is 10.6 Å². The zero-order chi connectivity index (χ0) is 39.6. The number of nitrogens with one attached hydrogen (secondary N) is 2. The highest BCUT2D eigenvalue weighted by atomic mass is 16.7. The number of aliphatic hydroxyl groups is 4. The van der Waals surface area contributed by atoms with E-state index in [4.69, 9.17) is 24.7 Å². The molecule has 2 saturated heterocycles. The molecule has 14 atom stereocenters. The quantitative estimate of drug-likeness (QED) is 0.103. The van der Waals surface area contributed by atoms with Gasteiger partial charge in [-0.15, -0.1) is 0 Å². The normalized spacial score (nSPS) is 28.0. The summed E-state index contributed by atoms with van der Waals surface area (Å²) in [5.74, 6) is -1.60. The second-order valence-electron chi connectivity index (χ2n) is 14.9. The van der Waals surface area contributed by atoms with E-state index < -0.39 is 85.7 Å². The predicted molar refractivity (Wildman–Crippen MR) is 196 cm³/mol. The van der Waals surface area contributed by atoms with Crippen molar-refractivity contribution in [3.63, 3.8) is 0 Å². The summed E-state index contributed by atoms with van der Waals surface area (Å²) in [6, 6.07) is 6.72. The second kappa shape index (κ2) is 20.8. The number of amides is 3. The maximum absolute atomic E-state index is 14.0. The van der Waals surface area contributed by atoms with E-state index >= 15 is 0 Å². The lowest BCUT2D eigenvalue weighted by molar-refractivity contribution is -0.314. The fourth-order valence-electron chi connectivity index (χ4n) is 7.24. The Bertz CT molecular complexity index is 1290. The van der Waals surface area contributed by atoms with Crippen LogP contribution in [0.5, 0.6) is 0 Å². The summed E-state index contributed by atoms with van der Waals surface area (Å²) in [4.78, 5) is 42.6. The Balaban J connectivity index is 1.75. The number of hydrogen-bond donors (Lipinski definition) is 7. The van der Waals surface area contributed by atoms with Gasteiger partial charge in [0.1, 0.15) is 30.5 Å². The van der Waals surface area contributed by atoms with E-state index in [0.29, 0.717) is 18.5 Å². The van der Waals surface area contributed by atoms with Crippen molar-refractivity contribution in [3.8, 4) is 0 Å². The number of hydrogen-bond acceptors (Lipinski definition) is 12. The molecule has 2 aliphatic rings. The first-order valence-electron chi connectivity index (χ1n) is 18.8. The fourth-order valence-corrected chi connectivity index (χ4v) is 7.24. The van der Waals surface area contributed by atoms with Crippen LogP contribution >= 0.6 is 0 Å². The fraction of sp³-hybridized carbons (Fsp3) is 0.763. The number of benzene rings is 1. The number of carbonyl (C=O) groups is 3. The summed E-state index contributed by atoms with van der Waals surface area (Å²) in [6.07, 6.45) is -7.44. The number of carbonyl (C=O) groups excluding carboxylic acids is 3. The molecule has 3 amide bonds. The minimum Gasteiger partial charge on any atom is -0.394 e. The van der Waals surface area contributed by atoms with Gasteiger partial charge < -0.3 is 60.6 Å². The average Bonchev–Trinajstić information content (AvgIpc) is 3.64. The molecule has 0 radical (unpaired) electrons. The highest BCUT2D eigenvalue weighted by Gasteiger charge is 2.46. The third kappa shape index (κ3) is 11.2. The summed E-state index contributed by atoms with van der Waals surface area (Å²) in [7, 11) is 3.04. The maximum Gasteiger partial charge on any atom is 0.237 e. The first-order chi connectivity index (χ1) is 25.1. The molecule has 2 aliphatic heterocycles. The lowest BCUT2D eigenvalue weighted by Crippen LogP contribution is -2.59. The van der Waals surface area contributed by atoms with Gasteiger partial charge in [-0.25, -0.2) is 0 Å². The summed E-state index contributed by atoms with van der Waals surface area (Å²) in [6.45, 7) is 11.1. The smallest absolute Gasteiger partial charge is 0.237 e. The van der Waals surface area contributed by atoms with Crippen LogP contribution in [0.1, 0.15) is 78.9 Å². The van der Waals surface area contributed by atoms with Crippen molar-refractivity contribution in [2.24, 2.45) is 23.5 Å². The molecule has 0 saturated carbocycles. The lowest BCUT2D eigenvalue weighted by Gasteiger charge is -2.42. The number of aliphatic hydroxyl groups excluding tert-OH is 4. The molecule has 1 aromatic carbocycles. The SMILES string of the molecule is CCC(C)C(NC(=O)C(N)C(C)C)C(CC(=O)N1CCCC1C(OC)C(C)C(=O)NC(C)C(OC1OC(CO)C(O)C(O)C1O)c1ccccc1)OC. The Hall–Kier alpha value is -2.73. The van der Waals surface area contributed by atoms with Crippen molar-refractivity contribution >= 4 is 17.7 Å². The first kappa shape index (κ1) is 44.7. The summed E-state index contributed by atoms with van der Waals surface area (Å²) >= 11 is 0. The molecule has 302 valence electrons. The molecule has 15 heteroatoms. The van der Waals surface area contributed by atoms with E-state index in [9.17, 15) is 34.8 Å². The maximum atomic E-state index is 14.0. The number of nitrogens with zero attached hydrogens (tertiary/aromatic N) is 1. The van der Waals surface area contributed by atoms with Crippen LogP contribution in [-0.4, -0.2) is 137 Å². The summed E-state index contributed by atoms with van der Waals surface area (Å²) in [5.41, 5.74) is 6.78. The van der Waals surface area contributed by atoms with Crippen LogP contribution < -0.4 is 16.4 Å². The second-order valence-corrected chi connectivity index (χ2v) is 14.9. The van der Waals surface area contributed by atoms with Gasteiger partial charge in [0.05, 0.1) is 55.3 Å². The number of ether oxygens (including phenoxy) is 4. The number of likely N-dealkylation sites (tertiary alicyclic amines) is 1. The van der Waals surface area contributed by atoms with Gasteiger partial charge in [0.2, 0.25) is 17.7 Å². The molecule has 3 rings (SSSR count). The molecular weight excluding hydrogens is 688 g/mol. The Morgan fingerprint density at radius 3 is 2.19 bits per heavy atom. The zero-order valence-corrected chi connectivity index (χ0v) is 32.5. The van der Waals surface area contributed by atoms with Crippen molar-refractivity contribution in [2.75, 3.05) is 27.4 Å². The van der Waals surface area contributed by atoms with Crippen molar-refractivity contribution in [3.05, 3.63) is 35.9 Å². The highest BCUT2D eigenvalue weighted by molar-refractivity contribution is 5.83. The van der Waals surface area contributed by atoms with Gasteiger partial charge >= 0.3 is 0 Å². The first-order valence-corrected chi connectivity index (χ1v) is 18.8. The van der Waals surface area contributed by atoms with Gasteiger partial charge in [-0.05, 0) is 37.2 Å². The number of rotatable bonds is 19. The monoisotopic (exact) mass is 752 g/mol. The molecule has 2 heterocycles. The standard InChI is InChI=1S/C38H64N4O11/c1-9-21(4)30(41-37(49)29(39)20(2)3)26(50-7)18-28(44)42-17-13-16-25(42)34(51-8)22(5)36(48)40-23(6)35(24-14-11-10-12-15-24)53-38-33(47)32(46)31(45)27(19-43)52-38/h10-12,14-15,20-23,25-27,29-35,38,43,45-47H,9,13,16-19,39H2,1-8H3,(H,40,48)(H,41,49). The topological polar surface area (TPSA) is 222 Å². The van der Waals surface area contributed by atoms with Crippen LogP contribution in [0.25, 0.3) is 0 Å². The largest absolute Gasteiger partial charge is 0.394 e. The molecule has 14 unspecified atom stereocenters. The van der Waals surface area contributed by atoms with Crippen LogP contribution in [0.3, 0.4) is 0 Å². The van der Waals surface area contributed by atoms with Crippen LogP contribution in [0, 0.1) is 17.8 Å². The lowest BCUT2D eigenvalue weighted by atomic mass is 9.90. The van der Waals surface area contributed by atoms with Crippen molar-refractivity contribution in [1.29, 1.82) is 0 Å². The Kier molecular flexibility index (Phi) is 17.5. The van der Waals surface area contributed by atoms with Gasteiger partial charge in [-0.3, -0.25) is 14.4 Å². The molecule has 15 nitrogen and oxygen atoms in total. The van der Waals surface area contributed by atoms with Crippen LogP contribution in [-0.2, 0) is 33.3 Å². The molecular formula is C38H64N4O11. The Morgan fingerprint density at radius 2 is 1.62 bits per heavy atom. The Morgan fingerprint density at radius 1 is 0.962 bits per heavy atom. The molecule has 1 aromatic rings. The average molecular weight is 753 g/mol. The summed E-state index contributed by atoms with van der Waals surface area (Å²) < 4.78 is 23.5. The highest BCUT2D eigenvalue weighted by Crippen LogP contribution is 2.31. The number of methoxy groups -OCH3 is 2. The zero-order valence-electron chi connectivity index (χ0n) is 32.5. The van der Waals surface area contributed by atoms with Crippen LogP contribution in [0.2, 0.25) is 0 Å². The number of nitrogens with two attached hydrogens (primary N) is 1. The molecule has 0 spiro atoms. The van der Waals surface area contributed by atoms with E-state index in [1.165, 1.54) is 14.2 Å². The molecule has 2 fully saturated rings. The third-order valence-electron chi connectivity index (χ3n) is 10.9. The molecule has 0 aliphatic carbocycles. The van der Waals surface area contributed by atoms with Gasteiger partial charge in [-0.2, -0.15) is 0 Å². The van der Waals surface area contributed by atoms with Crippen molar-refractivity contribution < 1.29 is 53.8 Å². The molecule has 0 bridgehead atoms. The summed E-state index contributed by atoms with van der Waals surface area (Å²) in [5, 5.41) is 47.0.